The zero-order valence-electron chi connectivity index (χ0n) is 13.8. The molecule has 8 nitrogen and oxygen atoms in total. The number of carbonyl (C=O) groups excluding carboxylic acids is 1. The lowest BCUT2D eigenvalue weighted by Crippen LogP contribution is -2.41. The molecule has 8 heteroatoms. The smallest absolute Gasteiger partial charge is 0.270 e. The average Bonchev–Trinajstić information content (AvgIpc) is 3.08. The number of rotatable bonds is 2. The molecular formula is C17H17N5O3. The van der Waals surface area contributed by atoms with Crippen LogP contribution in [0.5, 0.6) is 0 Å². The molecular weight excluding hydrogens is 322 g/mol. The number of likely N-dealkylation sites (tertiary alicyclic amines) is 1. The predicted octanol–water partition coefficient (Wildman–Crippen LogP) is 1.41. The Balaban J connectivity index is 1.62. The van der Waals surface area contributed by atoms with Crippen molar-refractivity contribution >= 4 is 11.6 Å². The normalized spacial score (nSPS) is 17.8. The fourth-order valence-electron chi connectivity index (χ4n) is 3.20. The van der Waals surface area contributed by atoms with Gasteiger partial charge in [-0.3, -0.25) is 14.0 Å². The molecule has 0 radical (unpaired) electrons. The van der Waals surface area contributed by atoms with Crippen molar-refractivity contribution in [3.05, 3.63) is 58.2 Å². The fraction of sp³-hybridized carbons (Fsp3) is 0.353. The lowest BCUT2D eigenvalue weighted by molar-refractivity contribution is 0.0701. The van der Waals surface area contributed by atoms with Gasteiger partial charge in [0.15, 0.2) is 5.82 Å². The minimum atomic E-state index is -0.354. The van der Waals surface area contributed by atoms with Crippen molar-refractivity contribution in [2.24, 2.45) is 0 Å². The zero-order valence-corrected chi connectivity index (χ0v) is 13.8. The number of pyridine rings is 1. The first kappa shape index (κ1) is 15.5. The lowest BCUT2D eigenvalue weighted by Gasteiger charge is -2.31. The topological polar surface area (TPSA) is 93.6 Å². The second kappa shape index (κ2) is 6.12. The van der Waals surface area contributed by atoms with Crippen LogP contribution in [0.3, 0.4) is 0 Å². The summed E-state index contributed by atoms with van der Waals surface area (Å²) in [5, 5.41) is 3.96. The number of nitrogens with zero attached hydrogens (tertiary/aromatic N) is 5. The molecule has 1 aliphatic heterocycles. The van der Waals surface area contributed by atoms with Crippen molar-refractivity contribution in [2.45, 2.75) is 25.7 Å². The maximum absolute atomic E-state index is 12.9. The van der Waals surface area contributed by atoms with Gasteiger partial charge in [-0.2, -0.15) is 4.98 Å². The van der Waals surface area contributed by atoms with Crippen LogP contribution >= 0.6 is 0 Å². The van der Waals surface area contributed by atoms with Crippen LogP contribution in [0.2, 0.25) is 0 Å². The second-order valence-electron chi connectivity index (χ2n) is 6.17. The Morgan fingerprint density at radius 2 is 2.24 bits per heavy atom. The van der Waals surface area contributed by atoms with E-state index in [0.717, 1.165) is 12.8 Å². The molecule has 1 saturated heterocycles. The molecule has 0 aliphatic carbocycles. The van der Waals surface area contributed by atoms with E-state index in [1.807, 2.05) is 0 Å². The summed E-state index contributed by atoms with van der Waals surface area (Å²) in [6.45, 7) is 2.81. The van der Waals surface area contributed by atoms with Gasteiger partial charge in [0.1, 0.15) is 11.2 Å². The SMILES string of the molecule is Cc1nc([C@@H]2CCCN(C(=O)c3cnc4ccccn4c3=O)C2)no1. The molecule has 1 atom stereocenters. The standard InChI is InChI=1S/C17H17N5O3/c1-11-19-15(20-25-11)12-5-4-7-21(10-12)16(23)13-9-18-14-6-2-3-8-22(14)17(13)24/h2-3,6,8-9,12H,4-5,7,10H2,1H3/t12-/m1/s1. The highest BCUT2D eigenvalue weighted by atomic mass is 16.5. The van der Waals surface area contributed by atoms with E-state index >= 15 is 0 Å². The van der Waals surface area contributed by atoms with Crippen LogP contribution in [0.15, 0.2) is 39.9 Å². The van der Waals surface area contributed by atoms with Gasteiger partial charge in [-0.15, -0.1) is 0 Å². The summed E-state index contributed by atoms with van der Waals surface area (Å²) in [4.78, 5) is 35.6. The van der Waals surface area contributed by atoms with Crippen LogP contribution in [0, 0.1) is 6.92 Å². The molecule has 0 unspecified atom stereocenters. The maximum atomic E-state index is 12.9. The van der Waals surface area contributed by atoms with E-state index in [-0.39, 0.29) is 22.9 Å². The summed E-state index contributed by atoms with van der Waals surface area (Å²) in [6.07, 6.45) is 4.69. The van der Waals surface area contributed by atoms with Gasteiger partial charge < -0.3 is 9.42 Å². The Labute approximate surface area is 143 Å². The molecule has 0 saturated carbocycles. The minimum absolute atomic E-state index is 0.0197. The summed E-state index contributed by atoms with van der Waals surface area (Å²) in [7, 11) is 0. The van der Waals surface area contributed by atoms with E-state index in [9.17, 15) is 9.59 Å². The Morgan fingerprint density at radius 3 is 3.04 bits per heavy atom. The molecule has 25 heavy (non-hydrogen) atoms. The molecule has 0 aromatic carbocycles. The van der Waals surface area contributed by atoms with Crippen LogP contribution in [-0.2, 0) is 0 Å². The average molecular weight is 339 g/mol. The van der Waals surface area contributed by atoms with Crippen molar-refractivity contribution < 1.29 is 9.32 Å². The van der Waals surface area contributed by atoms with Crippen molar-refractivity contribution in [1.29, 1.82) is 0 Å². The number of hydrogen-bond donors (Lipinski definition) is 0. The second-order valence-corrected chi connectivity index (χ2v) is 6.17. The predicted molar refractivity (Wildman–Crippen MR) is 88.4 cm³/mol. The number of carbonyl (C=O) groups is 1. The summed E-state index contributed by atoms with van der Waals surface area (Å²) in [5.41, 5.74) is 0.240. The van der Waals surface area contributed by atoms with Gasteiger partial charge >= 0.3 is 0 Å². The maximum Gasteiger partial charge on any atom is 0.270 e. The third-order valence-electron chi connectivity index (χ3n) is 4.46. The first-order chi connectivity index (χ1) is 12.1. The summed E-state index contributed by atoms with van der Waals surface area (Å²) >= 11 is 0. The van der Waals surface area contributed by atoms with E-state index in [0.29, 0.717) is 30.5 Å². The third-order valence-corrected chi connectivity index (χ3v) is 4.46. The van der Waals surface area contributed by atoms with E-state index in [1.54, 1.807) is 36.2 Å². The molecule has 3 aromatic heterocycles. The molecule has 3 aromatic rings. The van der Waals surface area contributed by atoms with Crippen molar-refractivity contribution in [3.63, 3.8) is 0 Å². The van der Waals surface area contributed by atoms with E-state index < -0.39 is 0 Å². The molecule has 1 aliphatic rings. The number of piperidine rings is 1. The molecule has 0 bridgehead atoms. The third kappa shape index (κ3) is 2.79. The van der Waals surface area contributed by atoms with Gasteiger partial charge in [-0.05, 0) is 25.0 Å². The zero-order chi connectivity index (χ0) is 17.4. The Hall–Kier alpha value is -3.03. The van der Waals surface area contributed by atoms with Gasteiger partial charge in [-0.25, -0.2) is 4.98 Å². The van der Waals surface area contributed by atoms with Crippen LogP contribution in [0.1, 0.15) is 40.8 Å². The first-order valence-electron chi connectivity index (χ1n) is 8.19. The van der Waals surface area contributed by atoms with Crippen molar-refractivity contribution in [1.82, 2.24) is 24.4 Å². The fourth-order valence-corrected chi connectivity index (χ4v) is 3.20. The van der Waals surface area contributed by atoms with Crippen LogP contribution in [-0.4, -0.2) is 43.4 Å². The Kier molecular flexibility index (Phi) is 3.79. The van der Waals surface area contributed by atoms with E-state index in [1.165, 1.54) is 10.6 Å². The molecule has 4 heterocycles. The van der Waals surface area contributed by atoms with Gasteiger partial charge in [0, 0.05) is 38.3 Å². The van der Waals surface area contributed by atoms with Crippen molar-refractivity contribution in [3.8, 4) is 0 Å². The monoisotopic (exact) mass is 339 g/mol. The Morgan fingerprint density at radius 1 is 1.36 bits per heavy atom. The molecule has 0 spiro atoms. The highest BCUT2D eigenvalue weighted by molar-refractivity contribution is 5.93. The largest absolute Gasteiger partial charge is 0.340 e. The van der Waals surface area contributed by atoms with Crippen LogP contribution in [0.4, 0.5) is 0 Å². The lowest BCUT2D eigenvalue weighted by atomic mass is 9.97. The summed E-state index contributed by atoms with van der Waals surface area (Å²) in [6, 6.07) is 5.26. The number of hydrogen-bond acceptors (Lipinski definition) is 6. The van der Waals surface area contributed by atoms with E-state index in [4.69, 9.17) is 4.52 Å². The van der Waals surface area contributed by atoms with Gasteiger partial charge in [-0.1, -0.05) is 11.2 Å². The number of fused-ring (bicyclic) bond motifs is 1. The number of aryl methyl sites for hydroxylation is 1. The Bertz CT molecular complexity index is 993. The first-order valence-corrected chi connectivity index (χ1v) is 8.19. The number of aromatic nitrogens is 4. The van der Waals surface area contributed by atoms with Crippen molar-refractivity contribution in [2.75, 3.05) is 13.1 Å². The highest BCUT2D eigenvalue weighted by Crippen LogP contribution is 2.25. The molecule has 0 N–H and O–H groups in total. The number of amides is 1. The molecule has 1 amide bonds. The quantitative estimate of drug-likeness (QED) is 0.701. The molecule has 4 rings (SSSR count). The van der Waals surface area contributed by atoms with Crippen LogP contribution in [0.25, 0.3) is 5.65 Å². The highest BCUT2D eigenvalue weighted by Gasteiger charge is 2.29. The molecule has 128 valence electrons. The van der Waals surface area contributed by atoms with Gasteiger partial charge in [0.2, 0.25) is 5.89 Å². The summed E-state index contributed by atoms with van der Waals surface area (Å²) in [5.74, 6) is 0.839. The van der Waals surface area contributed by atoms with Gasteiger partial charge in [0.25, 0.3) is 11.5 Å². The minimum Gasteiger partial charge on any atom is -0.340 e. The van der Waals surface area contributed by atoms with Crippen LogP contribution < -0.4 is 5.56 Å². The van der Waals surface area contributed by atoms with E-state index in [2.05, 4.69) is 15.1 Å². The molecule has 1 fully saturated rings. The summed E-state index contributed by atoms with van der Waals surface area (Å²) < 4.78 is 6.42. The van der Waals surface area contributed by atoms with Gasteiger partial charge in [0.05, 0.1) is 0 Å².